The van der Waals surface area contributed by atoms with Gasteiger partial charge >= 0.3 is 0 Å². The summed E-state index contributed by atoms with van der Waals surface area (Å²) in [6.45, 7) is 0.424. The van der Waals surface area contributed by atoms with Gasteiger partial charge in [-0.2, -0.15) is 4.31 Å². The average Bonchev–Trinajstić information content (AvgIpc) is 2.66. The highest BCUT2D eigenvalue weighted by atomic mass is 32.2. The van der Waals surface area contributed by atoms with Crippen LogP contribution in [0.2, 0.25) is 0 Å². The minimum absolute atomic E-state index is 0.0334. The summed E-state index contributed by atoms with van der Waals surface area (Å²) in [7, 11) is -4.09. The molecule has 142 valence electrons. The molecule has 27 heavy (non-hydrogen) atoms. The van der Waals surface area contributed by atoms with Gasteiger partial charge in [0.15, 0.2) is 0 Å². The molecule has 0 unspecified atom stereocenters. The van der Waals surface area contributed by atoms with Crippen molar-refractivity contribution in [2.24, 2.45) is 0 Å². The van der Waals surface area contributed by atoms with Crippen LogP contribution < -0.4 is 0 Å². The molecule has 1 aliphatic rings. The Labute approximate surface area is 155 Å². The first-order valence-corrected chi connectivity index (χ1v) is 9.64. The molecule has 1 amide bonds. The maximum Gasteiger partial charge on any atom is 0.246 e. The second kappa shape index (κ2) is 7.93. The van der Waals surface area contributed by atoms with Gasteiger partial charge in [-0.05, 0) is 29.8 Å². The maximum atomic E-state index is 13.8. The lowest BCUT2D eigenvalue weighted by atomic mass is 10.2. The lowest BCUT2D eigenvalue weighted by molar-refractivity contribution is -0.127. The molecule has 1 aromatic heterocycles. The lowest BCUT2D eigenvalue weighted by Crippen LogP contribution is -2.50. The zero-order chi connectivity index (χ0) is 19.4. The van der Waals surface area contributed by atoms with Crippen molar-refractivity contribution in [3.05, 3.63) is 66.0 Å². The van der Waals surface area contributed by atoms with Crippen molar-refractivity contribution in [1.82, 2.24) is 14.2 Å². The Morgan fingerprint density at radius 1 is 1.11 bits per heavy atom. The maximum absolute atomic E-state index is 13.8. The van der Waals surface area contributed by atoms with E-state index in [2.05, 4.69) is 4.98 Å². The third-order valence-corrected chi connectivity index (χ3v) is 6.10. The molecule has 6 nitrogen and oxygen atoms in total. The van der Waals surface area contributed by atoms with E-state index in [9.17, 15) is 22.0 Å². The van der Waals surface area contributed by atoms with E-state index in [1.54, 1.807) is 30.6 Å². The van der Waals surface area contributed by atoms with Crippen LogP contribution in [-0.2, 0) is 14.8 Å². The Balaban J connectivity index is 1.64. The Morgan fingerprint density at radius 3 is 2.48 bits per heavy atom. The molecule has 0 bridgehead atoms. The summed E-state index contributed by atoms with van der Waals surface area (Å²) in [6, 6.07) is 5.91. The molecule has 2 aromatic rings. The molecular formula is C18H17F2N3O3S. The van der Waals surface area contributed by atoms with Crippen LogP contribution in [0.15, 0.2) is 53.7 Å². The van der Waals surface area contributed by atoms with E-state index in [4.69, 9.17) is 0 Å². The SMILES string of the molecule is O=C(/C=C/c1cccnc1)N1CCN(S(=O)(=O)c2ccc(F)cc2F)CC1. The fourth-order valence-electron chi connectivity index (χ4n) is 2.72. The molecule has 2 heterocycles. The number of carbonyl (C=O) groups excluding carboxylic acids is 1. The quantitative estimate of drug-likeness (QED) is 0.744. The molecular weight excluding hydrogens is 376 g/mol. The van der Waals surface area contributed by atoms with Gasteiger partial charge in [0.2, 0.25) is 15.9 Å². The molecule has 9 heteroatoms. The van der Waals surface area contributed by atoms with Crippen molar-refractivity contribution in [3.8, 4) is 0 Å². The van der Waals surface area contributed by atoms with Crippen LogP contribution in [0.5, 0.6) is 0 Å². The number of pyridine rings is 1. The van der Waals surface area contributed by atoms with Gasteiger partial charge in [-0.3, -0.25) is 9.78 Å². The van der Waals surface area contributed by atoms with Gasteiger partial charge in [0.05, 0.1) is 0 Å². The molecule has 0 atom stereocenters. The van der Waals surface area contributed by atoms with Gasteiger partial charge < -0.3 is 4.90 Å². The number of hydrogen-bond donors (Lipinski definition) is 0. The van der Waals surface area contributed by atoms with E-state index >= 15 is 0 Å². The Kier molecular flexibility index (Phi) is 5.62. The first kappa shape index (κ1) is 19.1. The largest absolute Gasteiger partial charge is 0.337 e. The van der Waals surface area contributed by atoms with Crippen LogP contribution in [-0.4, -0.2) is 54.7 Å². The van der Waals surface area contributed by atoms with Crippen molar-refractivity contribution < 1.29 is 22.0 Å². The second-order valence-corrected chi connectivity index (χ2v) is 7.83. The van der Waals surface area contributed by atoms with Crippen molar-refractivity contribution >= 4 is 22.0 Å². The molecule has 0 spiro atoms. The van der Waals surface area contributed by atoms with Crippen LogP contribution >= 0.6 is 0 Å². The average molecular weight is 393 g/mol. The number of aromatic nitrogens is 1. The Morgan fingerprint density at radius 2 is 1.85 bits per heavy atom. The number of piperazine rings is 1. The number of halogens is 2. The number of hydrogen-bond acceptors (Lipinski definition) is 4. The van der Waals surface area contributed by atoms with Crippen molar-refractivity contribution in [2.75, 3.05) is 26.2 Å². The fourth-order valence-corrected chi connectivity index (χ4v) is 4.19. The molecule has 1 aromatic carbocycles. The van der Waals surface area contributed by atoms with Gasteiger partial charge in [-0.1, -0.05) is 6.07 Å². The highest BCUT2D eigenvalue weighted by Gasteiger charge is 2.31. The summed E-state index contributed by atoms with van der Waals surface area (Å²) in [4.78, 5) is 17.1. The van der Waals surface area contributed by atoms with Crippen molar-refractivity contribution in [1.29, 1.82) is 0 Å². The van der Waals surface area contributed by atoms with E-state index in [-0.39, 0.29) is 32.1 Å². The highest BCUT2D eigenvalue weighted by molar-refractivity contribution is 7.89. The topological polar surface area (TPSA) is 70.6 Å². The molecule has 0 saturated carbocycles. The first-order valence-electron chi connectivity index (χ1n) is 8.20. The zero-order valence-corrected chi connectivity index (χ0v) is 15.1. The summed E-state index contributed by atoms with van der Waals surface area (Å²) >= 11 is 0. The molecule has 3 rings (SSSR count). The molecule has 0 radical (unpaired) electrons. The highest BCUT2D eigenvalue weighted by Crippen LogP contribution is 2.21. The molecule has 1 aliphatic heterocycles. The van der Waals surface area contributed by atoms with Crippen LogP contribution in [0.3, 0.4) is 0 Å². The molecule has 0 aliphatic carbocycles. The lowest BCUT2D eigenvalue weighted by Gasteiger charge is -2.33. The fraction of sp³-hybridized carbons (Fsp3) is 0.222. The predicted octanol–water partition coefficient (Wildman–Crippen LogP) is 1.91. The minimum Gasteiger partial charge on any atom is -0.337 e. The predicted molar refractivity (Wildman–Crippen MR) is 95.0 cm³/mol. The summed E-state index contributed by atoms with van der Waals surface area (Å²) in [5, 5.41) is 0. The van der Waals surface area contributed by atoms with Crippen molar-refractivity contribution in [3.63, 3.8) is 0 Å². The van der Waals surface area contributed by atoms with Gasteiger partial charge in [0.25, 0.3) is 0 Å². The van der Waals surface area contributed by atoms with E-state index in [0.29, 0.717) is 6.07 Å². The second-order valence-electron chi connectivity index (χ2n) is 5.92. The Bertz CT molecular complexity index is 957. The summed E-state index contributed by atoms with van der Waals surface area (Å²) in [5.41, 5.74) is 0.777. The van der Waals surface area contributed by atoms with E-state index in [1.165, 1.54) is 11.0 Å². The van der Waals surface area contributed by atoms with Gasteiger partial charge in [-0.15, -0.1) is 0 Å². The normalized spacial score (nSPS) is 16.0. The Hall–Kier alpha value is -2.65. The smallest absolute Gasteiger partial charge is 0.246 e. The number of benzene rings is 1. The molecule has 1 fully saturated rings. The number of sulfonamides is 1. The summed E-state index contributed by atoms with van der Waals surface area (Å²) < 4.78 is 53.0. The number of rotatable bonds is 4. The number of carbonyl (C=O) groups is 1. The van der Waals surface area contributed by atoms with E-state index < -0.39 is 26.6 Å². The minimum atomic E-state index is -4.09. The standard InChI is InChI=1S/C18H17F2N3O3S/c19-15-4-5-17(16(20)12-15)27(25,26)23-10-8-22(9-11-23)18(24)6-3-14-2-1-7-21-13-14/h1-7,12-13H,8-11H2/b6-3+. The summed E-state index contributed by atoms with van der Waals surface area (Å²) in [5.74, 6) is -2.22. The van der Waals surface area contributed by atoms with Gasteiger partial charge in [0.1, 0.15) is 16.5 Å². The van der Waals surface area contributed by atoms with Crippen LogP contribution in [0.4, 0.5) is 8.78 Å². The monoisotopic (exact) mass is 393 g/mol. The van der Waals surface area contributed by atoms with Gasteiger partial charge in [0, 0.05) is 50.7 Å². The zero-order valence-electron chi connectivity index (χ0n) is 14.3. The van der Waals surface area contributed by atoms with E-state index in [1.807, 2.05) is 0 Å². The van der Waals surface area contributed by atoms with Gasteiger partial charge in [-0.25, -0.2) is 17.2 Å². The van der Waals surface area contributed by atoms with Crippen LogP contribution in [0, 0.1) is 11.6 Å². The molecule has 0 N–H and O–H groups in total. The third kappa shape index (κ3) is 4.37. The van der Waals surface area contributed by atoms with Crippen molar-refractivity contribution in [2.45, 2.75) is 4.90 Å². The number of nitrogens with zero attached hydrogens (tertiary/aromatic N) is 3. The third-order valence-electron chi connectivity index (χ3n) is 4.16. The van der Waals surface area contributed by atoms with E-state index in [0.717, 1.165) is 22.0 Å². The van der Waals surface area contributed by atoms with Crippen LogP contribution in [0.1, 0.15) is 5.56 Å². The first-order chi connectivity index (χ1) is 12.9. The van der Waals surface area contributed by atoms with Crippen LogP contribution in [0.25, 0.3) is 6.08 Å². The summed E-state index contributed by atoms with van der Waals surface area (Å²) in [6.07, 6.45) is 6.28. The number of amides is 1. The molecule has 1 saturated heterocycles.